The minimum atomic E-state index is -0.0119. The van der Waals surface area contributed by atoms with E-state index in [1.807, 2.05) is 24.3 Å². The Morgan fingerprint density at radius 3 is 2.39 bits per heavy atom. The Labute approximate surface area is 169 Å². The van der Waals surface area contributed by atoms with Gasteiger partial charge in [0.05, 0.1) is 17.1 Å². The molecule has 28 heavy (non-hydrogen) atoms. The average Bonchev–Trinajstić information content (AvgIpc) is 2.73. The van der Waals surface area contributed by atoms with Gasteiger partial charge in [-0.2, -0.15) is 0 Å². The topological polar surface area (TPSA) is 53.5 Å². The predicted molar refractivity (Wildman–Crippen MR) is 121 cm³/mol. The molecule has 2 N–H and O–H groups in total. The number of thioether (sulfide) groups is 1. The van der Waals surface area contributed by atoms with Gasteiger partial charge in [-0.25, -0.2) is 4.99 Å². The van der Waals surface area contributed by atoms with Gasteiger partial charge in [0, 0.05) is 11.1 Å². The lowest BCUT2D eigenvalue weighted by Gasteiger charge is -2.18. The highest BCUT2D eigenvalue weighted by Gasteiger charge is 2.16. The van der Waals surface area contributed by atoms with Crippen LogP contribution in [0, 0.1) is 0 Å². The van der Waals surface area contributed by atoms with E-state index >= 15 is 0 Å². The number of nitrogens with one attached hydrogen (secondary N) is 2. The third-order valence-electron chi connectivity index (χ3n) is 4.95. The number of carbonyl (C=O) groups excluding carboxylic acids is 1. The first-order valence-corrected chi connectivity index (χ1v) is 10.6. The van der Waals surface area contributed by atoms with Crippen molar-refractivity contribution in [1.82, 2.24) is 0 Å². The fourth-order valence-electron chi connectivity index (χ4n) is 3.55. The van der Waals surface area contributed by atoms with Gasteiger partial charge in [-0.1, -0.05) is 68.1 Å². The number of carbonyl (C=O) groups is 1. The maximum absolute atomic E-state index is 12.6. The van der Waals surface area contributed by atoms with Crippen molar-refractivity contribution in [3.05, 3.63) is 65.7 Å². The quantitative estimate of drug-likeness (QED) is 0.584. The number of para-hydroxylation sites is 1. The van der Waals surface area contributed by atoms with E-state index in [0.717, 1.165) is 45.8 Å². The zero-order valence-electron chi connectivity index (χ0n) is 16.1. The van der Waals surface area contributed by atoms with Gasteiger partial charge in [0.2, 0.25) is 5.91 Å². The average molecular weight is 390 g/mol. The van der Waals surface area contributed by atoms with Crippen LogP contribution in [-0.2, 0) is 17.6 Å². The first kappa shape index (κ1) is 18.6. The molecule has 0 saturated carbocycles. The lowest BCUT2D eigenvalue weighted by molar-refractivity contribution is -0.113. The SMILES string of the molecule is CCc1cccc(CC)c1NC(=O)CSC1=Nc2cccc3cccc(c23)N1. The molecule has 0 radical (unpaired) electrons. The number of aryl methyl sites for hydroxylation is 2. The van der Waals surface area contributed by atoms with Crippen LogP contribution in [0.15, 0.2) is 59.6 Å². The standard InChI is InChI=1S/C23H23N3OS/c1-3-15-8-5-9-16(4-2)22(15)26-20(27)14-28-23-24-18-12-6-10-17-11-7-13-19(25-23)21(17)18/h5-13H,3-4,14H2,1-2H3,(H,24,25)(H,26,27). The fourth-order valence-corrected chi connectivity index (χ4v) is 4.24. The Bertz CT molecular complexity index is 1050. The maximum atomic E-state index is 12.6. The summed E-state index contributed by atoms with van der Waals surface area (Å²) in [5, 5.41) is 9.52. The third-order valence-corrected chi connectivity index (χ3v) is 5.82. The molecule has 0 spiro atoms. The summed E-state index contributed by atoms with van der Waals surface area (Å²) in [4.78, 5) is 17.3. The summed E-state index contributed by atoms with van der Waals surface area (Å²) in [7, 11) is 0. The van der Waals surface area contributed by atoms with Crippen LogP contribution in [0.4, 0.5) is 17.1 Å². The smallest absolute Gasteiger partial charge is 0.234 e. The van der Waals surface area contributed by atoms with Crippen molar-refractivity contribution in [2.24, 2.45) is 4.99 Å². The Morgan fingerprint density at radius 1 is 1.00 bits per heavy atom. The molecule has 5 heteroatoms. The number of hydrogen-bond donors (Lipinski definition) is 2. The molecule has 0 saturated heterocycles. The zero-order chi connectivity index (χ0) is 19.5. The van der Waals surface area contributed by atoms with Gasteiger partial charge in [0.15, 0.2) is 5.17 Å². The highest BCUT2D eigenvalue weighted by Crippen LogP contribution is 2.36. The van der Waals surface area contributed by atoms with Crippen molar-refractivity contribution in [3.8, 4) is 0 Å². The summed E-state index contributed by atoms with van der Waals surface area (Å²) >= 11 is 1.43. The number of benzene rings is 3. The van der Waals surface area contributed by atoms with Crippen LogP contribution in [0.1, 0.15) is 25.0 Å². The Hall–Kier alpha value is -2.79. The molecule has 1 heterocycles. The van der Waals surface area contributed by atoms with Crippen LogP contribution in [0.3, 0.4) is 0 Å². The monoisotopic (exact) mass is 389 g/mol. The van der Waals surface area contributed by atoms with Gasteiger partial charge >= 0.3 is 0 Å². The van der Waals surface area contributed by atoms with E-state index in [0.29, 0.717) is 5.75 Å². The van der Waals surface area contributed by atoms with Crippen molar-refractivity contribution in [2.45, 2.75) is 26.7 Å². The molecule has 3 aromatic rings. The molecule has 0 fully saturated rings. The molecule has 0 aliphatic carbocycles. The minimum Gasteiger partial charge on any atom is -0.334 e. The third kappa shape index (κ3) is 3.62. The molecule has 0 atom stereocenters. The summed E-state index contributed by atoms with van der Waals surface area (Å²) in [5.74, 6) is 0.299. The molecular weight excluding hydrogens is 366 g/mol. The number of nitrogens with zero attached hydrogens (tertiary/aromatic N) is 1. The highest BCUT2D eigenvalue weighted by molar-refractivity contribution is 8.14. The first-order valence-electron chi connectivity index (χ1n) is 9.60. The number of amidine groups is 1. The first-order chi connectivity index (χ1) is 13.7. The molecule has 0 unspecified atom stereocenters. The Morgan fingerprint density at radius 2 is 1.68 bits per heavy atom. The summed E-state index contributed by atoms with van der Waals surface area (Å²) in [6, 6.07) is 18.5. The van der Waals surface area contributed by atoms with Gasteiger partial charge in [-0.3, -0.25) is 4.79 Å². The van der Waals surface area contributed by atoms with E-state index in [9.17, 15) is 4.79 Å². The van der Waals surface area contributed by atoms with Crippen LogP contribution in [-0.4, -0.2) is 16.8 Å². The molecule has 1 aliphatic heterocycles. The van der Waals surface area contributed by atoms with E-state index < -0.39 is 0 Å². The molecular formula is C23H23N3OS. The Balaban J connectivity index is 1.48. The van der Waals surface area contributed by atoms with Crippen LogP contribution >= 0.6 is 11.8 Å². The second kappa shape index (κ2) is 8.07. The van der Waals surface area contributed by atoms with E-state index in [1.54, 1.807) is 0 Å². The summed E-state index contributed by atoms with van der Waals surface area (Å²) < 4.78 is 0. The van der Waals surface area contributed by atoms with Crippen LogP contribution < -0.4 is 10.6 Å². The van der Waals surface area contributed by atoms with E-state index in [2.05, 4.69) is 54.8 Å². The van der Waals surface area contributed by atoms with Gasteiger partial charge in [0.25, 0.3) is 0 Å². The van der Waals surface area contributed by atoms with E-state index in [1.165, 1.54) is 22.9 Å². The molecule has 4 rings (SSSR count). The molecule has 142 valence electrons. The van der Waals surface area contributed by atoms with Gasteiger partial charge in [-0.15, -0.1) is 0 Å². The summed E-state index contributed by atoms with van der Waals surface area (Å²) in [6.07, 6.45) is 1.79. The molecule has 4 nitrogen and oxygen atoms in total. The van der Waals surface area contributed by atoms with Crippen molar-refractivity contribution in [2.75, 3.05) is 16.4 Å². The molecule has 3 aromatic carbocycles. The van der Waals surface area contributed by atoms with Gasteiger partial charge < -0.3 is 10.6 Å². The second-order valence-electron chi connectivity index (χ2n) is 6.72. The largest absolute Gasteiger partial charge is 0.334 e. The summed E-state index contributed by atoms with van der Waals surface area (Å²) in [5.41, 5.74) is 5.29. The number of hydrogen-bond acceptors (Lipinski definition) is 4. The number of anilines is 2. The van der Waals surface area contributed by atoms with Crippen molar-refractivity contribution < 1.29 is 4.79 Å². The normalized spacial score (nSPS) is 12.4. The second-order valence-corrected chi connectivity index (χ2v) is 7.68. The predicted octanol–water partition coefficient (Wildman–Crippen LogP) is 5.75. The maximum Gasteiger partial charge on any atom is 0.234 e. The van der Waals surface area contributed by atoms with Crippen LogP contribution in [0.5, 0.6) is 0 Å². The van der Waals surface area contributed by atoms with Crippen molar-refractivity contribution >= 4 is 50.7 Å². The van der Waals surface area contributed by atoms with Crippen LogP contribution in [0.2, 0.25) is 0 Å². The lowest BCUT2D eigenvalue weighted by atomic mass is 10.0. The molecule has 1 amide bonds. The fraction of sp³-hybridized carbons (Fsp3) is 0.217. The summed E-state index contributed by atoms with van der Waals surface area (Å²) in [6.45, 7) is 4.22. The van der Waals surface area contributed by atoms with Crippen LogP contribution in [0.25, 0.3) is 10.8 Å². The zero-order valence-corrected chi connectivity index (χ0v) is 16.9. The van der Waals surface area contributed by atoms with E-state index in [-0.39, 0.29) is 5.91 Å². The van der Waals surface area contributed by atoms with Crippen molar-refractivity contribution in [1.29, 1.82) is 0 Å². The molecule has 1 aliphatic rings. The number of aliphatic imine (C=N–C) groups is 1. The van der Waals surface area contributed by atoms with E-state index in [4.69, 9.17) is 4.99 Å². The molecule has 0 bridgehead atoms. The van der Waals surface area contributed by atoms with Crippen molar-refractivity contribution in [3.63, 3.8) is 0 Å². The highest BCUT2D eigenvalue weighted by atomic mass is 32.2. The Kier molecular flexibility index (Phi) is 5.35. The number of amides is 1. The number of rotatable bonds is 5. The minimum absolute atomic E-state index is 0.0119. The lowest BCUT2D eigenvalue weighted by Crippen LogP contribution is -2.20. The van der Waals surface area contributed by atoms with Gasteiger partial charge in [0.1, 0.15) is 0 Å². The van der Waals surface area contributed by atoms with Gasteiger partial charge in [-0.05, 0) is 41.5 Å². The molecule has 0 aromatic heterocycles.